The number of guanidine groups is 1. The molecule has 1 atom stereocenters. The van der Waals surface area contributed by atoms with Gasteiger partial charge in [0.15, 0.2) is 5.96 Å². The molecule has 2 N–H and O–H groups in total. The molecular weight excluding hydrogens is 369 g/mol. The summed E-state index contributed by atoms with van der Waals surface area (Å²) in [5.74, 6) is 0.809. The molecule has 1 aliphatic rings. The van der Waals surface area contributed by atoms with Crippen LogP contribution in [0.3, 0.4) is 0 Å². The van der Waals surface area contributed by atoms with Crippen LogP contribution in [0.15, 0.2) is 23.5 Å². The maximum absolute atomic E-state index is 5.74. The number of rotatable bonds is 5. The van der Waals surface area contributed by atoms with E-state index in [9.17, 15) is 0 Å². The first-order chi connectivity index (χ1) is 9.22. The number of hydrogen-bond acceptors (Lipinski definition) is 3. The third-order valence-corrected chi connectivity index (χ3v) is 3.35. The molecule has 2 heterocycles. The van der Waals surface area contributed by atoms with Crippen LogP contribution < -0.4 is 10.6 Å². The molecule has 1 fully saturated rings. The van der Waals surface area contributed by atoms with Gasteiger partial charge in [-0.2, -0.15) is 5.10 Å². The summed E-state index contributed by atoms with van der Waals surface area (Å²) in [4.78, 5) is 4.21. The third-order valence-electron chi connectivity index (χ3n) is 3.35. The van der Waals surface area contributed by atoms with Crippen LogP contribution in [0.25, 0.3) is 0 Å². The van der Waals surface area contributed by atoms with Crippen molar-refractivity contribution in [1.29, 1.82) is 0 Å². The number of aromatic nitrogens is 2. The van der Waals surface area contributed by atoms with E-state index in [-0.39, 0.29) is 29.6 Å². The molecule has 1 unspecified atom stereocenters. The highest BCUT2D eigenvalue weighted by Crippen LogP contribution is 2.23. The van der Waals surface area contributed by atoms with Crippen molar-refractivity contribution >= 4 is 29.9 Å². The standard InChI is InChI=1S/C13H23N5O.HI/c1-13(5-3-10-19-13)11-16-12(14-2)15-7-9-18-8-4-6-17-18;/h4,6,8H,3,5,7,9-11H2,1-2H3,(H2,14,15,16);1H. The second kappa shape index (κ2) is 8.46. The highest BCUT2D eigenvalue weighted by Gasteiger charge is 2.29. The summed E-state index contributed by atoms with van der Waals surface area (Å²) in [6.07, 6.45) is 5.98. The van der Waals surface area contributed by atoms with Crippen LogP contribution in [0.2, 0.25) is 0 Å². The molecule has 0 spiro atoms. The van der Waals surface area contributed by atoms with Gasteiger partial charge in [-0.05, 0) is 25.8 Å². The van der Waals surface area contributed by atoms with Crippen molar-refractivity contribution in [3.8, 4) is 0 Å². The molecule has 6 nitrogen and oxygen atoms in total. The summed E-state index contributed by atoms with van der Waals surface area (Å²) in [5.41, 5.74) is -0.0559. The lowest BCUT2D eigenvalue weighted by atomic mass is 10.0. The molecular formula is C13H24IN5O. The van der Waals surface area contributed by atoms with E-state index >= 15 is 0 Å². The molecule has 1 saturated heterocycles. The normalized spacial score (nSPS) is 22.4. The highest BCUT2D eigenvalue weighted by molar-refractivity contribution is 14.0. The van der Waals surface area contributed by atoms with Crippen LogP contribution in [0.1, 0.15) is 19.8 Å². The monoisotopic (exact) mass is 393 g/mol. The Hall–Kier alpha value is -0.830. The maximum atomic E-state index is 5.74. The van der Waals surface area contributed by atoms with Gasteiger partial charge >= 0.3 is 0 Å². The van der Waals surface area contributed by atoms with Gasteiger partial charge in [0, 0.05) is 39.1 Å². The molecule has 0 amide bonds. The fourth-order valence-corrected chi connectivity index (χ4v) is 2.19. The van der Waals surface area contributed by atoms with Crippen LogP contribution in [0.5, 0.6) is 0 Å². The van der Waals surface area contributed by atoms with Crippen LogP contribution in [0, 0.1) is 0 Å². The van der Waals surface area contributed by atoms with Gasteiger partial charge in [-0.3, -0.25) is 9.67 Å². The van der Waals surface area contributed by atoms with Crippen molar-refractivity contribution < 1.29 is 4.74 Å². The Balaban J connectivity index is 0.00000200. The van der Waals surface area contributed by atoms with E-state index in [1.165, 1.54) is 0 Å². The fourth-order valence-electron chi connectivity index (χ4n) is 2.19. The van der Waals surface area contributed by atoms with E-state index in [0.29, 0.717) is 0 Å². The fraction of sp³-hybridized carbons (Fsp3) is 0.692. The van der Waals surface area contributed by atoms with Crippen LogP contribution in [-0.2, 0) is 11.3 Å². The van der Waals surface area contributed by atoms with Crippen LogP contribution >= 0.6 is 24.0 Å². The molecule has 0 radical (unpaired) electrons. The Bertz CT molecular complexity index is 401. The Kier molecular flexibility index (Phi) is 7.28. The van der Waals surface area contributed by atoms with Crippen molar-refractivity contribution in [2.24, 2.45) is 4.99 Å². The average molecular weight is 393 g/mol. The minimum absolute atomic E-state index is 0. The van der Waals surface area contributed by atoms with E-state index in [4.69, 9.17) is 4.74 Å². The summed E-state index contributed by atoms with van der Waals surface area (Å²) in [7, 11) is 1.78. The molecule has 114 valence electrons. The third kappa shape index (κ3) is 5.28. The first-order valence-corrected chi connectivity index (χ1v) is 6.78. The van der Waals surface area contributed by atoms with Gasteiger partial charge < -0.3 is 15.4 Å². The van der Waals surface area contributed by atoms with E-state index < -0.39 is 0 Å². The summed E-state index contributed by atoms with van der Waals surface area (Å²) in [6.45, 7) is 5.41. The van der Waals surface area contributed by atoms with E-state index in [1.807, 2.05) is 16.9 Å². The first-order valence-electron chi connectivity index (χ1n) is 6.78. The number of hydrogen-bond donors (Lipinski definition) is 2. The minimum atomic E-state index is -0.0559. The maximum Gasteiger partial charge on any atom is 0.191 e. The van der Waals surface area contributed by atoms with Crippen LogP contribution in [-0.4, -0.2) is 48.1 Å². The summed E-state index contributed by atoms with van der Waals surface area (Å²) in [5, 5.41) is 10.7. The SMILES string of the molecule is CN=C(NCCn1cccn1)NCC1(C)CCCO1.I. The van der Waals surface area contributed by atoms with Gasteiger partial charge in [-0.25, -0.2) is 0 Å². The van der Waals surface area contributed by atoms with Crippen LogP contribution in [0.4, 0.5) is 0 Å². The Morgan fingerprint density at radius 3 is 2.95 bits per heavy atom. The van der Waals surface area contributed by atoms with Gasteiger partial charge in [0.1, 0.15) is 0 Å². The molecule has 0 aromatic carbocycles. The predicted octanol–water partition coefficient (Wildman–Crippen LogP) is 1.24. The topological polar surface area (TPSA) is 63.5 Å². The Morgan fingerprint density at radius 1 is 1.50 bits per heavy atom. The molecule has 20 heavy (non-hydrogen) atoms. The van der Waals surface area contributed by atoms with Crippen molar-refractivity contribution in [3.05, 3.63) is 18.5 Å². The van der Waals surface area contributed by atoms with Crippen molar-refractivity contribution in [2.75, 3.05) is 26.7 Å². The van der Waals surface area contributed by atoms with Gasteiger partial charge in [-0.15, -0.1) is 24.0 Å². The molecule has 1 aromatic heterocycles. The molecule has 1 aromatic rings. The molecule has 2 rings (SSSR count). The second-order valence-corrected chi connectivity index (χ2v) is 5.02. The first kappa shape index (κ1) is 17.2. The number of nitrogens with zero attached hydrogens (tertiary/aromatic N) is 3. The second-order valence-electron chi connectivity index (χ2n) is 5.02. The van der Waals surface area contributed by atoms with Crippen molar-refractivity contribution in [1.82, 2.24) is 20.4 Å². The van der Waals surface area contributed by atoms with Gasteiger partial charge in [-0.1, -0.05) is 0 Å². The van der Waals surface area contributed by atoms with Crippen molar-refractivity contribution in [3.63, 3.8) is 0 Å². The zero-order chi connectivity index (χ0) is 13.6. The lowest BCUT2D eigenvalue weighted by Crippen LogP contribution is -2.46. The minimum Gasteiger partial charge on any atom is -0.373 e. The van der Waals surface area contributed by atoms with Gasteiger partial charge in [0.25, 0.3) is 0 Å². The molecule has 1 aliphatic heterocycles. The number of halogens is 1. The number of aliphatic imine (C=N–C) groups is 1. The molecule has 0 aliphatic carbocycles. The predicted molar refractivity (Wildman–Crippen MR) is 90.6 cm³/mol. The van der Waals surface area contributed by atoms with Gasteiger partial charge in [0.2, 0.25) is 0 Å². The van der Waals surface area contributed by atoms with Gasteiger partial charge in [0.05, 0.1) is 12.1 Å². The molecule has 0 saturated carbocycles. The summed E-state index contributed by atoms with van der Waals surface area (Å²) < 4.78 is 7.63. The lowest BCUT2D eigenvalue weighted by Gasteiger charge is -2.24. The summed E-state index contributed by atoms with van der Waals surface area (Å²) >= 11 is 0. The smallest absolute Gasteiger partial charge is 0.191 e. The van der Waals surface area contributed by atoms with E-state index in [0.717, 1.165) is 45.0 Å². The number of nitrogens with one attached hydrogen (secondary N) is 2. The molecule has 0 bridgehead atoms. The van der Waals surface area contributed by atoms with Crippen molar-refractivity contribution in [2.45, 2.75) is 31.9 Å². The lowest BCUT2D eigenvalue weighted by molar-refractivity contribution is 0.0243. The summed E-state index contributed by atoms with van der Waals surface area (Å²) in [6, 6.07) is 1.92. The Labute approximate surface area is 137 Å². The average Bonchev–Trinajstić information content (AvgIpc) is 3.06. The number of ether oxygens (including phenoxy) is 1. The zero-order valence-corrected chi connectivity index (χ0v) is 14.5. The quantitative estimate of drug-likeness (QED) is 0.449. The van der Waals surface area contributed by atoms with E-state index in [1.54, 1.807) is 13.2 Å². The highest BCUT2D eigenvalue weighted by atomic mass is 127. The zero-order valence-electron chi connectivity index (χ0n) is 12.1. The van der Waals surface area contributed by atoms with E-state index in [2.05, 4.69) is 27.6 Å². The Morgan fingerprint density at radius 2 is 2.35 bits per heavy atom. The largest absolute Gasteiger partial charge is 0.373 e. The molecule has 7 heteroatoms.